The predicted molar refractivity (Wildman–Crippen MR) is 118 cm³/mol. The average Bonchev–Trinajstić information content (AvgIpc) is 2.81. The lowest BCUT2D eigenvalue weighted by molar-refractivity contribution is -0.115. The lowest BCUT2D eigenvalue weighted by Crippen LogP contribution is -2.24. The molecule has 5 nitrogen and oxygen atoms in total. The molecule has 0 heterocycles. The van der Waals surface area contributed by atoms with Gasteiger partial charge in [-0.05, 0) is 55.5 Å². The molecule has 0 aromatic heterocycles. The Hall–Kier alpha value is -3.53. The lowest BCUT2D eigenvalue weighted by atomic mass is 10.2. The molecule has 0 spiro atoms. The number of ether oxygens (including phenoxy) is 1. The Kier molecular flexibility index (Phi) is 7.59. The molecule has 3 rings (SSSR count). The van der Waals surface area contributed by atoms with Crippen LogP contribution in [-0.4, -0.2) is 24.2 Å². The number of carbonyl (C=O) groups excluding carboxylic acids is 2. The molecule has 3 aromatic carbocycles. The fourth-order valence-corrected chi connectivity index (χ4v) is 3.60. The molecule has 33 heavy (non-hydrogen) atoms. The Morgan fingerprint density at radius 1 is 0.879 bits per heavy atom. The molecule has 0 fully saturated rings. The molecule has 10 heteroatoms. The minimum atomic E-state index is -1.68. The second-order valence-electron chi connectivity index (χ2n) is 6.80. The molecule has 0 aliphatic carbocycles. The van der Waals surface area contributed by atoms with Crippen molar-refractivity contribution in [1.82, 2.24) is 0 Å². The third kappa shape index (κ3) is 5.83. The van der Waals surface area contributed by atoms with Crippen molar-refractivity contribution in [1.29, 1.82) is 0 Å². The smallest absolute Gasteiger partial charge is 0.255 e. The van der Waals surface area contributed by atoms with Gasteiger partial charge in [0.15, 0.2) is 23.3 Å². The molecule has 2 N–H and O–H groups in total. The molecule has 2 amide bonds. The second kappa shape index (κ2) is 10.4. The third-order valence-corrected chi connectivity index (χ3v) is 5.62. The molecule has 1 unspecified atom stereocenters. The van der Waals surface area contributed by atoms with E-state index in [1.165, 1.54) is 14.0 Å². The van der Waals surface area contributed by atoms with E-state index in [0.717, 1.165) is 11.8 Å². The van der Waals surface area contributed by atoms with Gasteiger partial charge < -0.3 is 15.4 Å². The molecule has 0 aliphatic heterocycles. The summed E-state index contributed by atoms with van der Waals surface area (Å²) in [5.74, 6) is -7.14. The first-order chi connectivity index (χ1) is 15.7. The van der Waals surface area contributed by atoms with Crippen LogP contribution in [0.3, 0.4) is 0 Å². The van der Waals surface area contributed by atoms with Crippen molar-refractivity contribution in [3.05, 3.63) is 83.4 Å². The summed E-state index contributed by atoms with van der Waals surface area (Å²) >= 11 is 1.05. The monoisotopic (exact) mass is 478 g/mol. The van der Waals surface area contributed by atoms with Gasteiger partial charge in [-0.25, -0.2) is 17.6 Å². The molecular formula is C23H18F4N2O3S. The van der Waals surface area contributed by atoms with Gasteiger partial charge >= 0.3 is 0 Å². The Morgan fingerprint density at radius 3 is 2.00 bits per heavy atom. The molecule has 0 bridgehead atoms. The van der Waals surface area contributed by atoms with Crippen LogP contribution in [0.2, 0.25) is 0 Å². The minimum Gasteiger partial charge on any atom is -0.497 e. The van der Waals surface area contributed by atoms with E-state index in [9.17, 15) is 27.2 Å². The summed E-state index contributed by atoms with van der Waals surface area (Å²) < 4.78 is 59.2. The van der Waals surface area contributed by atoms with Crippen molar-refractivity contribution >= 4 is 35.0 Å². The number of carbonyl (C=O) groups is 2. The summed E-state index contributed by atoms with van der Waals surface area (Å²) in [4.78, 5) is 25.2. The Balaban J connectivity index is 1.61. The number of methoxy groups -OCH3 is 1. The zero-order valence-electron chi connectivity index (χ0n) is 17.4. The molecular weight excluding hydrogens is 460 g/mol. The van der Waals surface area contributed by atoms with Crippen molar-refractivity contribution in [3.63, 3.8) is 0 Å². The highest BCUT2D eigenvalue weighted by atomic mass is 32.2. The molecule has 1 atom stereocenters. The van der Waals surface area contributed by atoms with E-state index in [4.69, 9.17) is 4.74 Å². The fourth-order valence-electron chi connectivity index (χ4n) is 2.73. The van der Waals surface area contributed by atoms with Crippen LogP contribution in [0.4, 0.5) is 28.9 Å². The van der Waals surface area contributed by atoms with Crippen LogP contribution in [0.5, 0.6) is 5.75 Å². The fraction of sp³-hybridized carbons (Fsp3) is 0.130. The molecule has 0 saturated heterocycles. The largest absolute Gasteiger partial charge is 0.497 e. The Bertz CT molecular complexity index is 1150. The van der Waals surface area contributed by atoms with Crippen LogP contribution < -0.4 is 15.4 Å². The summed E-state index contributed by atoms with van der Waals surface area (Å²) in [6, 6.07) is 13.2. The quantitative estimate of drug-likeness (QED) is 0.263. The van der Waals surface area contributed by atoms with E-state index in [-0.39, 0.29) is 12.0 Å². The first-order valence-corrected chi connectivity index (χ1v) is 10.4. The number of rotatable bonds is 7. The number of amides is 2. The van der Waals surface area contributed by atoms with Crippen molar-refractivity contribution in [2.24, 2.45) is 0 Å². The zero-order valence-corrected chi connectivity index (χ0v) is 18.2. The Labute approximate surface area is 191 Å². The van der Waals surface area contributed by atoms with Gasteiger partial charge in [0.1, 0.15) is 11.4 Å². The van der Waals surface area contributed by atoms with E-state index in [1.54, 1.807) is 48.5 Å². The molecule has 0 radical (unpaired) electrons. The maximum atomic E-state index is 13.8. The van der Waals surface area contributed by atoms with Gasteiger partial charge in [0.05, 0.1) is 12.4 Å². The van der Waals surface area contributed by atoms with E-state index >= 15 is 0 Å². The summed E-state index contributed by atoms with van der Waals surface area (Å²) in [7, 11) is 1.52. The van der Waals surface area contributed by atoms with Crippen LogP contribution in [-0.2, 0) is 4.79 Å². The third-order valence-electron chi connectivity index (χ3n) is 4.51. The zero-order chi connectivity index (χ0) is 24.1. The maximum Gasteiger partial charge on any atom is 0.255 e. The van der Waals surface area contributed by atoms with E-state index in [1.807, 2.05) is 5.32 Å². The van der Waals surface area contributed by atoms with E-state index < -0.39 is 40.1 Å². The van der Waals surface area contributed by atoms with Crippen LogP contribution in [0.15, 0.2) is 59.5 Å². The van der Waals surface area contributed by atoms with Crippen LogP contribution >= 0.6 is 11.8 Å². The number of thioether (sulfide) groups is 1. The molecule has 3 aromatic rings. The van der Waals surface area contributed by atoms with Crippen LogP contribution in [0.25, 0.3) is 0 Å². The van der Waals surface area contributed by atoms with Crippen LogP contribution in [0.1, 0.15) is 17.3 Å². The van der Waals surface area contributed by atoms with Crippen molar-refractivity contribution in [2.75, 3.05) is 17.7 Å². The van der Waals surface area contributed by atoms with Gasteiger partial charge in [0, 0.05) is 22.2 Å². The highest BCUT2D eigenvalue weighted by Crippen LogP contribution is 2.28. The topological polar surface area (TPSA) is 67.4 Å². The van der Waals surface area contributed by atoms with Crippen molar-refractivity contribution < 1.29 is 31.9 Å². The van der Waals surface area contributed by atoms with Gasteiger partial charge in [0.25, 0.3) is 5.91 Å². The standard InChI is InChI=1S/C23H18F4N2O3S/c1-12(22(30)29-21-19(26)17(24)11-18(25)20(21)27)33-16-9-5-14(6-10-16)28-23(31)13-3-7-15(32-2)8-4-13/h3-12H,1-2H3,(H,28,31)(H,29,30). The predicted octanol–water partition coefficient (Wildman–Crippen LogP) is 5.62. The number of hydrogen-bond donors (Lipinski definition) is 2. The van der Waals surface area contributed by atoms with Crippen molar-refractivity contribution in [2.45, 2.75) is 17.1 Å². The molecule has 0 saturated carbocycles. The lowest BCUT2D eigenvalue weighted by Gasteiger charge is -2.14. The Morgan fingerprint density at radius 2 is 1.45 bits per heavy atom. The number of benzene rings is 3. The van der Waals surface area contributed by atoms with Gasteiger partial charge in [-0.1, -0.05) is 0 Å². The molecule has 0 aliphatic rings. The van der Waals surface area contributed by atoms with E-state index in [0.29, 0.717) is 21.9 Å². The number of anilines is 2. The summed E-state index contributed by atoms with van der Waals surface area (Å²) in [6.07, 6.45) is 0. The summed E-state index contributed by atoms with van der Waals surface area (Å²) in [5.41, 5.74) is -0.231. The van der Waals surface area contributed by atoms with Crippen molar-refractivity contribution in [3.8, 4) is 5.75 Å². The summed E-state index contributed by atoms with van der Waals surface area (Å²) in [6.45, 7) is 1.46. The number of nitrogens with one attached hydrogen (secondary N) is 2. The molecule has 172 valence electrons. The number of halogens is 4. The van der Waals surface area contributed by atoms with Gasteiger partial charge in [-0.2, -0.15) is 0 Å². The highest BCUT2D eigenvalue weighted by molar-refractivity contribution is 8.00. The van der Waals surface area contributed by atoms with Crippen LogP contribution in [0, 0.1) is 23.3 Å². The first-order valence-electron chi connectivity index (χ1n) is 9.55. The van der Waals surface area contributed by atoms with Gasteiger partial charge in [-0.3, -0.25) is 9.59 Å². The van der Waals surface area contributed by atoms with Gasteiger partial charge in [0.2, 0.25) is 5.91 Å². The minimum absolute atomic E-state index is 0.0630. The normalized spacial score (nSPS) is 11.6. The first kappa shape index (κ1) is 24.1. The summed E-state index contributed by atoms with van der Waals surface area (Å²) in [5, 5.41) is 3.77. The van der Waals surface area contributed by atoms with Gasteiger partial charge in [-0.15, -0.1) is 11.8 Å². The SMILES string of the molecule is COc1ccc(C(=O)Nc2ccc(SC(C)C(=O)Nc3c(F)c(F)cc(F)c3F)cc2)cc1. The van der Waals surface area contributed by atoms with E-state index in [2.05, 4.69) is 5.32 Å². The maximum absolute atomic E-state index is 13.8. The average molecular weight is 478 g/mol. The second-order valence-corrected chi connectivity index (χ2v) is 8.21. The number of hydrogen-bond acceptors (Lipinski definition) is 4. The highest BCUT2D eigenvalue weighted by Gasteiger charge is 2.23.